The van der Waals surface area contributed by atoms with E-state index in [9.17, 15) is 9.59 Å². The number of nitrogens with zero attached hydrogens (tertiary/aromatic N) is 1. The summed E-state index contributed by atoms with van der Waals surface area (Å²) in [5.74, 6) is 0.222. The zero-order valence-electron chi connectivity index (χ0n) is 13.4. The number of carbonyl (C=O) groups is 2. The van der Waals surface area contributed by atoms with E-state index in [4.69, 9.17) is 16.3 Å². The van der Waals surface area contributed by atoms with Gasteiger partial charge in [-0.15, -0.1) is 0 Å². The van der Waals surface area contributed by atoms with Crippen LogP contribution in [0.15, 0.2) is 42.5 Å². The molecule has 1 atom stereocenters. The van der Waals surface area contributed by atoms with Crippen LogP contribution in [0.5, 0.6) is 5.75 Å². The zero-order chi connectivity index (χ0) is 17.3. The molecule has 0 bridgehead atoms. The van der Waals surface area contributed by atoms with Crippen molar-refractivity contribution in [3.63, 3.8) is 0 Å². The number of halogens is 1. The third-order valence-corrected chi connectivity index (χ3v) is 4.19. The minimum Gasteiger partial charge on any atom is -0.479 e. The van der Waals surface area contributed by atoms with E-state index < -0.39 is 6.10 Å². The predicted molar refractivity (Wildman–Crippen MR) is 94.0 cm³/mol. The standard InChI is InChI=1S/C18H17ClN2O3/c1-3-21-15-10-12(8-9-16(15)24-11(2)18(21)23)20-17(22)13-6-4-5-7-14(13)19/h4-11H,3H2,1-2H3,(H,20,22). The van der Waals surface area contributed by atoms with Gasteiger partial charge in [-0.3, -0.25) is 9.59 Å². The predicted octanol–water partition coefficient (Wildman–Crippen LogP) is 3.73. The molecule has 0 radical (unpaired) electrons. The fraction of sp³-hybridized carbons (Fsp3) is 0.222. The van der Waals surface area contributed by atoms with Crippen molar-refractivity contribution in [2.45, 2.75) is 20.0 Å². The molecule has 2 aromatic carbocycles. The third-order valence-electron chi connectivity index (χ3n) is 3.86. The van der Waals surface area contributed by atoms with E-state index in [1.165, 1.54) is 0 Å². The summed E-state index contributed by atoms with van der Waals surface area (Å²) in [6.07, 6.45) is -0.513. The van der Waals surface area contributed by atoms with E-state index in [1.807, 2.05) is 6.92 Å². The van der Waals surface area contributed by atoms with Crippen LogP contribution in [0.2, 0.25) is 5.02 Å². The summed E-state index contributed by atoms with van der Waals surface area (Å²) in [5, 5.41) is 3.19. The Kier molecular flexibility index (Phi) is 4.44. The van der Waals surface area contributed by atoms with Crippen molar-refractivity contribution in [1.29, 1.82) is 0 Å². The number of carbonyl (C=O) groups excluding carboxylic acids is 2. The van der Waals surface area contributed by atoms with Crippen LogP contribution in [0.25, 0.3) is 0 Å². The van der Waals surface area contributed by atoms with E-state index in [0.29, 0.717) is 34.3 Å². The summed E-state index contributed by atoms with van der Waals surface area (Å²) in [7, 11) is 0. The SMILES string of the molecule is CCN1C(=O)C(C)Oc2ccc(NC(=O)c3ccccc3Cl)cc21. The van der Waals surface area contributed by atoms with Crippen molar-refractivity contribution >= 4 is 34.8 Å². The van der Waals surface area contributed by atoms with Gasteiger partial charge in [0.25, 0.3) is 11.8 Å². The molecule has 1 aliphatic heterocycles. The minimum absolute atomic E-state index is 0.0976. The Bertz CT molecular complexity index is 807. The van der Waals surface area contributed by atoms with Gasteiger partial charge >= 0.3 is 0 Å². The smallest absolute Gasteiger partial charge is 0.267 e. The lowest BCUT2D eigenvalue weighted by Crippen LogP contribution is -2.44. The second-order valence-corrected chi connectivity index (χ2v) is 5.87. The van der Waals surface area contributed by atoms with Gasteiger partial charge in [-0.25, -0.2) is 0 Å². The van der Waals surface area contributed by atoms with Gasteiger partial charge < -0.3 is 15.0 Å². The molecule has 0 aromatic heterocycles. The van der Waals surface area contributed by atoms with Crippen LogP contribution in [0.1, 0.15) is 24.2 Å². The molecule has 124 valence electrons. The van der Waals surface area contributed by atoms with Gasteiger partial charge in [0.15, 0.2) is 6.10 Å². The molecule has 0 spiro atoms. The quantitative estimate of drug-likeness (QED) is 0.923. The largest absolute Gasteiger partial charge is 0.479 e. The number of likely N-dealkylation sites (N-methyl/N-ethyl adjacent to an activating group) is 1. The molecule has 1 unspecified atom stereocenters. The van der Waals surface area contributed by atoms with Crippen LogP contribution in [0.4, 0.5) is 11.4 Å². The average Bonchev–Trinajstić information content (AvgIpc) is 2.57. The molecule has 0 aliphatic carbocycles. The molecular weight excluding hydrogens is 328 g/mol. The fourth-order valence-corrected chi connectivity index (χ4v) is 2.88. The molecule has 1 heterocycles. The molecule has 5 nitrogen and oxygen atoms in total. The van der Waals surface area contributed by atoms with Crippen molar-refractivity contribution < 1.29 is 14.3 Å². The molecule has 2 amide bonds. The Balaban J connectivity index is 1.89. The molecule has 24 heavy (non-hydrogen) atoms. The number of ether oxygens (including phenoxy) is 1. The molecule has 6 heteroatoms. The van der Waals surface area contributed by atoms with Crippen LogP contribution in [0, 0.1) is 0 Å². The first kappa shape index (κ1) is 16.3. The molecule has 0 saturated heterocycles. The van der Waals surface area contributed by atoms with Gasteiger partial charge in [0.05, 0.1) is 16.3 Å². The molecule has 1 N–H and O–H groups in total. The topological polar surface area (TPSA) is 58.6 Å². The summed E-state index contributed by atoms with van der Waals surface area (Å²) in [6, 6.07) is 12.1. The Morgan fingerprint density at radius 1 is 1.29 bits per heavy atom. The van der Waals surface area contributed by atoms with E-state index >= 15 is 0 Å². The maximum atomic E-state index is 12.4. The monoisotopic (exact) mass is 344 g/mol. The Morgan fingerprint density at radius 2 is 2.04 bits per heavy atom. The number of anilines is 2. The lowest BCUT2D eigenvalue weighted by molar-refractivity contribution is -0.125. The molecule has 1 aliphatic rings. The maximum absolute atomic E-state index is 12.4. The number of nitrogens with one attached hydrogen (secondary N) is 1. The molecule has 2 aromatic rings. The molecule has 0 fully saturated rings. The van der Waals surface area contributed by atoms with Crippen LogP contribution < -0.4 is 15.0 Å². The van der Waals surface area contributed by atoms with Crippen LogP contribution in [-0.2, 0) is 4.79 Å². The number of rotatable bonds is 3. The number of hydrogen-bond donors (Lipinski definition) is 1. The van der Waals surface area contributed by atoms with Gasteiger partial charge in [0, 0.05) is 12.2 Å². The minimum atomic E-state index is -0.513. The Morgan fingerprint density at radius 3 is 2.75 bits per heavy atom. The van der Waals surface area contributed by atoms with Crippen LogP contribution in [-0.4, -0.2) is 24.5 Å². The number of benzene rings is 2. The summed E-state index contributed by atoms with van der Waals surface area (Å²) >= 11 is 6.05. The van der Waals surface area contributed by atoms with Gasteiger partial charge in [0.1, 0.15) is 5.75 Å². The highest BCUT2D eigenvalue weighted by Gasteiger charge is 2.30. The van der Waals surface area contributed by atoms with Gasteiger partial charge in [-0.2, -0.15) is 0 Å². The van der Waals surface area contributed by atoms with Crippen LogP contribution >= 0.6 is 11.6 Å². The van der Waals surface area contributed by atoms with Gasteiger partial charge in [0.2, 0.25) is 0 Å². The van der Waals surface area contributed by atoms with Gasteiger partial charge in [-0.05, 0) is 44.2 Å². The highest BCUT2D eigenvalue weighted by atomic mass is 35.5. The first-order valence-corrected chi connectivity index (χ1v) is 8.07. The lowest BCUT2D eigenvalue weighted by atomic mass is 10.1. The highest BCUT2D eigenvalue weighted by Crippen LogP contribution is 2.36. The van der Waals surface area contributed by atoms with E-state index in [0.717, 1.165) is 0 Å². The molecule has 0 saturated carbocycles. The van der Waals surface area contributed by atoms with E-state index in [-0.39, 0.29) is 11.8 Å². The molecule has 3 rings (SSSR count). The van der Waals surface area contributed by atoms with E-state index in [2.05, 4.69) is 5.32 Å². The lowest BCUT2D eigenvalue weighted by Gasteiger charge is -2.32. The summed E-state index contributed by atoms with van der Waals surface area (Å²) in [4.78, 5) is 26.2. The Hall–Kier alpha value is -2.53. The third kappa shape index (κ3) is 2.95. The number of hydrogen-bond acceptors (Lipinski definition) is 3. The summed E-state index contributed by atoms with van der Waals surface area (Å²) < 4.78 is 5.61. The zero-order valence-corrected chi connectivity index (χ0v) is 14.1. The second-order valence-electron chi connectivity index (χ2n) is 5.46. The van der Waals surface area contributed by atoms with Crippen molar-refractivity contribution in [3.05, 3.63) is 53.1 Å². The maximum Gasteiger partial charge on any atom is 0.267 e. The van der Waals surface area contributed by atoms with Crippen molar-refractivity contribution in [1.82, 2.24) is 0 Å². The molecular formula is C18H17ClN2O3. The fourth-order valence-electron chi connectivity index (χ4n) is 2.65. The average molecular weight is 345 g/mol. The normalized spacial score (nSPS) is 16.4. The van der Waals surface area contributed by atoms with Crippen LogP contribution in [0.3, 0.4) is 0 Å². The van der Waals surface area contributed by atoms with Crippen molar-refractivity contribution in [2.24, 2.45) is 0 Å². The number of fused-ring (bicyclic) bond motifs is 1. The van der Waals surface area contributed by atoms with E-state index in [1.54, 1.807) is 54.3 Å². The summed E-state index contributed by atoms with van der Waals surface area (Å²) in [5.41, 5.74) is 1.62. The van der Waals surface area contributed by atoms with Gasteiger partial charge in [-0.1, -0.05) is 23.7 Å². The Labute approximate surface area is 145 Å². The first-order chi connectivity index (χ1) is 11.5. The second kappa shape index (κ2) is 6.53. The van der Waals surface area contributed by atoms with Crippen molar-refractivity contribution in [2.75, 3.05) is 16.8 Å². The summed E-state index contributed by atoms with van der Waals surface area (Å²) in [6.45, 7) is 4.15. The van der Waals surface area contributed by atoms with Crippen molar-refractivity contribution in [3.8, 4) is 5.75 Å². The first-order valence-electron chi connectivity index (χ1n) is 7.69. The highest BCUT2D eigenvalue weighted by molar-refractivity contribution is 6.34. The number of amides is 2.